The predicted octanol–water partition coefficient (Wildman–Crippen LogP) is 8.65. The average molecular weight is 633 g/mol. The molecule has 46 heavy (non-hydrogen) atoms. The lowest BCUT2D eigenvalue weighted by molar-refractivity contribution is -0.253. The van der Waals surface area contributed by atoms with Gasteiger partial charge in [0.15, 0.2) is 0 Å². The van der Waals surface area contributed by atoms with Gasteiger partial charge in [-0.15, -0.1) is 11.8 Å². The standard InChI is InChI=1S/C40H40O5S/c1-30-22-24-35(25-23-30)46-39-38(43-28-33-18-10-4-11-19-33)37(42-27-32-16-8-3-9-17-32)36(29-41-26-31-14-6-2-7-15-31)45-40(39)44-34-20-12-5-13-21-34/h2-25,36-40H,26-29H2,1H3/t36-,37-,38+,39+,40+/m1/s1. The summed E-state index contributed by atoms with van der Waals surface area (Å²) in [5.41, 5.74) is 4.48. The van der Waals surface area contributed by atoms with Crippen molar-refractivity contribution in [3.8, 4) is 5.75 Å². The zero-order valence-electron chi connectivity index (χ0n) is 26.0. The molecule has 0 amide bonds. The fourth-order valence-corrected chi connectivity index (χ4v) is 6.64. The number of thioether (sulfide) groups is 1. The van der Waals surface area contributed by atoms with Gasteiger partial charge in [-0.05, 0) is 47.9 Å². The molecular weight excluding hydrogens is 593 g/mol. The van der Waals surface area contributed by atoms with Crippen molar-refractivity contribution in [3.05, 3.63) is 168 Å². The van der Waals surface area contributed by atoms with Crippen LogP contribution in [0.2, 0.25) is 0 Å². The van der Waals surface area contributed by atoms with Crippen molar-refractivity contribution in [1.82, 2.24) is 0 Å². The van der Waals surface area contributed by atoms with Crippen molar-refractivity contribution in [2.24, 2.45) is 0 Å². The summed E-state index contributed by atoms with van der Waals surface area (Å²) in [6.45, 7) is 3.72. The lowest BCUT2D eigenvalue weighted by Crippen LogP contribution is -2.60. The first-order valence-corrected chi connectivity index (χ1v) is 16.6. The topological polar surface area (TPSA) is 46.2 Å². The molecule has 0 N–H and O–H groups in total. The van der Waals surface area contributed by atoms with Crippen molar-refractivity contribution >= 4 is 11.8 Å². The number of hydrogen-bond donors (Lipinski definition) is 0. The molecule has 6 heteroatoms. The quantitative estimate of drug-likeness (QED) is 0.122. The third-order valence-corrected chi connectivity index (χ3v) is 9.15. The van der Waals surface area contributed by atoms with E-state index in [2.05, 4.69) is 67.6 Å². The summed E-state index contributed by atoms with van der Waals surface area (Å²) < 4.78 is 33.4. The summed E-state index contributed by atoms with van der Waals surface area (Å²) in [5.74, 6) is 0.733. The van der Waals surface area contributed by atoms with Crippen molar-refractivity contribution < 1.29 is 23.7 Å². The molecule has 0 saturated carbocycles. The van der Waals surface area contributed by atoms with Gasteiger partial charge in [0, 0.05) is 4.90 Å². The van der Waals surface area contributed by atoms with Crippen LogP contribution in [0.3, 0.4) is 0 Å². The van der Waals surface area contributed by atoms with E-state index in [0.29, 0.717) is 26.4 Å². The Kier molecular flexibility index (Phi) is 11.6. The number of aryl methyl sites for hydroxylation is 1. The first kappa shape index (κ1) is 32.0. The van der Waals surface area contributed by atoms with Crippen molar-refractivity contribution in [1.29, 1.82) is 0 Å². The molecule has 1 aliphatic heterocycles. The van der Waals surface area contributed by atoms with E-state index in [1.807, 2.05) is 84.9 Å². The van der Waals surface area contributed by atoms with Crippen LogP contribution < -0.4 is 4.74 Å². The van der Waals surface area contributed by atoms with E-state index in [-0.39, 0.29) is 11.4 Å². The van der Waals surface area contributed by atoms with E-state index in [1.165, 1.54) is 5.56 Å². The summed E-state index contributed by atoms with van der Waals surface area (Å²) in [6, 6.07) is 49.0. The highest BCUT2D eigenvalue weighted by Crippen LogP contribution is 2.39. The molecule has 1 saturated heterocycles. The van der Waals surface area contributed by atoms with Crippen molar-refractivity contribution in [2.45, 2.75) is 61.5 Å². The summed E-state index contributed by atoms with van der Waals surface area (Å²) in [4.78, 5) is 1.11. The Morgan fingerprint density at radius 1 is 0.565 bits per heavy atom. The van der Waals surface area contributed by atoms with E-state index in [9.17, 15) is 0 Å². The molecule has 6 rings (SSSR count). The molecule has 5 nitrogen and oxygen atoms in total. The second-order valence-electron chi connectivity index (χ2n) is 11.4. The van der Waals surface area contributed by atoms with Gasteiger partial charge in [-0.25, -0.2) is 0 Å². The van der Waals surface area contributed by atoms with Gasteiger partial charge in [-0.1, -0.05) is 127 Å². The Hall–Kier alpha value is -3.91. The fraction of sp³-hybridized carbons (Fsp3) is 0.250. The van der Waals surface area contributed by atoms with E-state index in [1.54, 1.807) is 11.8 Å². The maximum atomic E-state index is 6.88. The van der Waals surface area contributed by atoms with Gasteiger partial charge in [0.25, 0.3) is 0 Å². The maximum Gasteiger partial charge on any atom is 0.215 e. The Balaban J connectivity index is 1.33. The zero-order valence-corrected chi connectivity index (χ0v) is 26.8. The Morgan fingerprint density at radius 3 is 1.63 bits per heavy atom. The molecule has 5 aromatic carbocycles. The molecule has 0 spiro atoms. The molecule has 0 aliphatic carbocycles. The van der Waals surface area contributed by atoms with Gasteiger partial charge in [0.05, 0.1) is 26.4 Å². The molecule has 1 aliphatic rings. The Labute approximate surface area is 276 Å². The predicted molar refractivity (Wildman–Crippen MR) is 183 cm³/mol. The highest BCUT2D eigenvalue weighted by molar-refractivity contribution is 8.00. The average Bonchev–Trinajstić information content (AvgIpc) is 3.10. The Bertz CT molecular complexity index is 1570. The highest BCUT2D eigenvalue weighted by atomic mass is 32.2. The molecule has 1 fully saturated rings. The van der Waals surface area contributed by atoms with E-state index < -0.39 is 18.5 Å². The molecule has 0 radical (unpaired) electrons. The molecule has 5 aromatic rings. The summed E-state index contributed by atoms with van der Waals surface area (Å²) in [7, 11) is 0. The first-order chi connectivity index (χ1) is 22.7. The highest BCUT2D eigenvalue weighted by Gasteiger charge is 2.49. The van der Waals surface area contributed by atoms with Crippen LogP contribution in [0.25, 0.3) is 0 Å². The number of para-hydroxylation sites is 1. The van der Waals surface area contributed by atoms with Crippen molar-refractivity contribution in [2.75, 3.05) is 6.61 Å². The largest absolute Gasteiger partial charge is 0.464 e. The molecular formula is C40H40O5S. The second kappa shape index (κ2) is 16.6. The zero-order chi connectivity index (χ0) is 31.4. The lowest BCUT2D eigenvalue weighted by atomic mass is 10.00. The number of rotatable bonds is 14. The van der Waals surface area contributed by atoms with Crippen LogP contribution in [0.5, 0.6) is 5.75 Å². The SMILES string of the molecule is Cc1ccc(S[C@@H]2[C@@H](Oc3ccccc3)O[C@H](COCc3ccccc3)[C@@H](OCc3ccccc3)[C@@H]2OCc2ccccc2)cc1. The maximum absolute atomic E-state index is 6.88. The van der Waals surface area contributed by atoms with Crippen LogP contribution in [0.4, 0.5) is 0 Å². The van der Waals surface area contributed by atoms with Crippen LogP contribution in [-0.2, 0) is 38.8 Å². The Morgan fingerprint density at radius 2 is 1.07 bits per heavy atom. The van der Waals surface area contributed by atoms with E-state index >= 15 is 0 Å². The number of ether oxygens (including phenoxy) is 5. The van der Waals surface area contributed by atoms with Crippen LogP contribution >= 0.6 is 11.8 Å². The van der Waals surface area contributed by atoms with E-state index in [0.717, 1.165) is 27.3 Å². The molecule has 5 atom stereocenters. The third-order valence-electron chi connectivity index (χ3n) is 7.84. The smallest absolute Gasteiger partial charge is 0.215 e. The van der Waals surface area contributed by atoms with Crippen LogP contribution in [-0.4, -0.2) is 36.5 Å². The van der Waals surface area contributed by atoms with Crippen LogP contribution in [0, 0.1) is 6.92 Å². The van der Waals surface area contributed by atoms with Gasteiger partial charge in [-0.3, -0.25) is 0 Å². The summed E-state index contributed by atoms with van der Waals surface area (Å²) >= 11 is 1.70. The van der Waals surface area contributed by atoms with Gasteiger partial charge in [0.2, 0.25) is 6.29 Å². The summed E-state index contributed by atoms with van der Waals surface area (Å²) in [5, 5.41) is -0.252. The monoisotopic (exact) mass is 632 g/mol. The molecule has 0 bridgehead atoms. The van der Waals surface area contributed by atoms with Gasteiger partial charge >= 0.3 is 0 Å². The number of hydrogen-bond acceptors (Lipinski definition) is 6. The second-order valence-corrected chi connectivity index (χ2v) is 12.6. The third kappa shape index (κ3) is 9.09. The van der Waals surface area contributed by atoms with Gasteiger partial charge in [0.1, 0.15) is 29.3 Å². The minimum Gasteiger partial charge on any atom is -0.464 e. The summed E-state index contributed by atoms with van der Waals surface area (Å²) in [6.07, 6.45) is -1.89. The van der Waals surface area contributed by atoms with Gasteiger partial charge < -0.3 is 23.7 Å². The van der Waals surface area contributed by atoms with Crippen LogP contribution in [0.1, 0.15) is 22.3 Å². The molecule has 236 valence electrons. The lowest BCUT2D eigenvalue weighted by Gasteiger charge is -2.45. The minimum atomic E-state index is -0.628. The molecule has 0 aromatic heterocycles. The van der Waals surface area contributed by atoms with Crippen molar-refractivity contribution in [3.63, 3.8) is 0 Å². The molecule has 0 unspecified atom stereocenters. The molecule has 1 heterocycles. The van der Waals surface area contributed by atoms with Gasteiger partial charge in [-0.2, -0.15) is 0 Å². The van der Waals surface area contributed by atoms with Crippen LogP contribution in [0.15, 0.2) is 150 Å². The normalized spacial score (nSPS) is 21.1. The number of benzene rings is 5. The van der Waals surface area contributed by atoms with E-state index in [4.69, 9.17) is 23.7 Å². The first-order valence-electron chi connectivity index (χ1n) is 15.7. The minimum absolute atomic E-state index is 0.252. The fourth-order valence-electron chi connectivity index (χ4n) is 5.43.